The SMILES string of the molecule is CCCCCCCCCCCCCCCCCC(=O)OOC(=O)c1cccc2cc3ccccc3cc12. The molecule has 0 amide bonds. The van der Waals surface area contributed by atoms with Crippen LogP contribution in [0.25, 0.3) is 21.5 Å². The van der Waals surface area contributed by atoms with E-state index in [0.29, 0.717) is 5.56 Å². The molecule has 4 heteroatoms. The van der Waals surface area contributed by atoms with Crippen LogP contribution in [0, 0.1) is 0 Å². The van der Waals surface area contributed by atoms with Crippen molar-refractivity contribution in [3.63, 3.8) is 0 Å². The second-order valence-corrected chi connectivity index (χ2v) is 10.3. The number of fused-ring (bicyclic) bond motifs is 2. The highest BCUT2D eigenvalue weighted by Crippen LogP contribution is 2.26. The summed E-state index contributed by atoms with van der Waals surface area (Å²) in [7, 11) is 0. The van der Waals surface area contributed by atoms with Gasteiger partial charge in [0.1, 0.15) is 0 Å². The van der Waals surface area contributed by atoms with Crippen molar-refractivity contribution in [2.24, 2.45) is 0 Å². The first-order valence-electron chi connectivity index (χ1n) is 14.5. The molecule has 0 radical (unpaired) electrons. The van der Waals surface area contributed by atoms with Crippen LogP contribution in [0.3, 0.4) is 0 Å². The molecule has 3 rings (SSSR count). The monoisotopic (exact) mass is 504 g/mol. The zero-order valence-corrected chi connectivity index (χ0v) is 22.6. The largest absolute Gasteiger partial charge is 0.386 e. The molecule has 0 saturated carbocycles. The Bertz CT molecular complexity index is 1100. The van der Waals surface area contributed by atoms with E-state index in [1.807, 2.05) is 48.5 Å². The van der Waals surface area contributed by atoms with Crippen LogP contribution in [0.5, 0.6) is 0 Å². The average Bonchev–Trinajstić information content (AvgIpc) is 2.92. The van der Waals surface area contributed by atoms with Crippen molar-refractivity contribution in [1.29, 1.82) is 0 Å². The molecule has 37 heavy (non-hydrogen) atoms. The summed E-state index contributed by atoms with van der Waals surface area (Å²) in [6.45, 7) is 2.27. The van der Waals surface area contributed by atoms with Crippen LogP contribution < -0.4 is 0 Å². The van der Waals surface area contributed by atoms with Crippen molar-refractivity contribution in [1.82, 2.24) is 0 Å². The van der Waals surface area contributed by atoms with E-state index in [2.05, 4.69) is 6.92 Å². The van der Waals surface area contributed by atoms with Gasteiger partial charge < -0.3 is 0 Å². The molecule has 0 heterocycles. The summed E-state index contributed by atoms with van der Waals surface area (Å²) in [6.07, 6.45) is 19.4. The van der Waals surface area contributed by atoms with Crippen molar-refractivity contribution < 1.29 is 19.4 Å². The highest BCUT2D eigenvalue weighted by atomic mass is 17.2. The van der Waals surface area contributed by atoms with E-state index >= 15 is 0 Å². The summed E-state index contributed by atoms with van der Waals surface area (Å²) in [5.74, 6) is -1.14. The molecule has 4 nitrogen and oxygen atoms in total. The van der Waals surface area contributed by atoms with Crippen LogP contribution in [0.1, 0.15) is 120 Å². The molecule has 0 atom stereocenters. The maximum absolute atomic E-state index is 12.6. The smallest absolute Gasteiger partial charge is 0.247 e. The zero-order valence-electron chi connectivity index (χ0n) is 22.6. The summed E-state index contributed by atoms with van der Waals surface area (Å²) < 4.78 is 0. The van der Waals surface area contributed by atoms with Crippen molar-refractivity contribution in [3.8, 4) is 0 Å². The van der Waals surface area contributed by atoms with Gasteiger partial charge in [0, 0.05) is 0 Å². The van der Waals surface area contributed by atoms with Crippen LogP contribution in [0.4, 0.5) is 0 Å². The van der Waals surface area contributed by atoms with Gasteiger partial charge in [0.15, 0.2) is 0 Å². The molecule has 0 spiro atoms. The first-order valence-corrected chi connectivity index (χ1v) is 14.5. The second-order valence-electron chi connectivity index (χ2n) is 10.3. The zero-order chi connectivity index (χ0) is 26.1. The van der Waals surface area contributed by atoms with Gasteiger partial charge in [0.25, 0.3) is 0 Å². The number of benzene rings is 3. The van der Waals surface area contributed by atoms with Crippen molar-refractivity contribution in [2.75, 3.05) is 0 Å². The fourth-order valence-electron chi connectivity index (χ4n) is 4.96. The third-order valence-corrected chi connectivity index (χ3v) is 7.16. The quantitative estimate of drug-likeness (QED) is 0.0794. The van der Waals surface area contributed by atoms with E-state index in [-0.39, 0.29) is 6.42 Å². The molecule has 0 fully saturated rings. The molecule has 0 aliphatic carbocycles. The summed E-state index contributed by atoms with van der Waals surface area (Å²) in [5.41, 5.74) is 0.392. The van der Waals surface area contributed by atoms with E-state index in [9.17, 15) is 9.59 Å². The summed E-state index contributed by atoms with van der Waals surface area (Å²) >= 11 is 0. The molecule has 0 bridgehead atoms. The van der Waals surface area contributed by atoms with E-state index in [0.717, 1.165) is 40.8 Å². The maximum atomic E-state index is 12.6. The van der Waals surface area contributed by atoms with E-state index in [1.54, 1.807) is 6.07 Å². The van der Waals surface area contributed by atoms with E-state index in [1.165, 1.54) is 77.0 Å². The minimum absolute atomic E-state index is 0.270. The molecular weight excluding hydrogens is 460 g/mol. The van der Waals surface area contributed by atoms with Crippen molar-refractivity contribution in [3.05, 3.63) is 60.2 Å². The average molecular weight is 505 g/mol. The van der Waals surface area contributed by atoms with Crippen LogP contribution in [0.2, 0.25) is 0 Å². The van der Waals surface area contributed by atoms with Crippen LogP contribution >= 0.6 is 0 Å². The summed E-state index contributed by atoms with van der Waals surface area (Å²) in [4.78, 5) is 34.4. The van der Waals surface area contributed by atoms with E-state index < -0.39 is 11.9 Å². The number of hydrogen-bond donors (Lipinski definition) is 0. The summed E-state index contributed by atoms with van der Waals surface area (Å²) in [6, 6.07) is 17.5. The minimum atomic E-state index is -0.647. The Hall–Kier alpha value is -2.88. The van der Waals surface area contributed by atoms with Gasteiger partial charge >= 0.3 is 11.9 Å². The molecule has 0 saturated heterocycles. The van der Waals surface area contributed by atoms with Crippen molar-refractivity contribution >= 4 is 33.5 Å². The number of unbranched alkanes of at least 4 members (excludes halogenated alkanes) is 14. The van der Waals surface area contributed by atoms with E-state index in [4.69, 9.17) is 9.78 Å². The van der Waals surface area contributed by atoms with Gasteiger partial charge in [0.05, 0.1) is 12.0 Å². The Morgan fingerprint density at radius 2 is 1.08 bits per heavy atom. The third-order valence-electron chi connectivity index (χ3n) is 7.16. The van der Waals surface area contributed by atoms with Gasteiger partial charge in [-0.2, -0.15) is 0 Å². The fourth-order valence-corrected chi connectivity index (χ4v) is 4.96. The van der Waals surface area contributed by atoms with Gasteiger partial charge in [-0.25, -0.2) is 19.4 Å². The molecule has 3 aromatic rings. The standard InChI is InChI=1S/C33H44O4/c1-2-3-4-5-6-7-8-9-10-11-12-13-14-15-16-24-32(34)36-37-33(35)30-23-19-22-29-25-27-20-17-18-21-28(27)26-31(29)30/h17-23,25-26H,2-16,24H2,1H3. The molecule has 200 valence electrons. The van der Waals surface area contributed by atoms with Crippen LogP contribution in [0.15, 0.2) is 54.6 Å². The first-order chi connectivity index (χ1) is 18.2. The molecule has 0 unspecified atom stereocenters. The highest BCUT2D eigenvalue weighted by Gasteiger charge is 2.15. The lowest BCUT2D eigenvalue weighted by atomic mass is 10.00. The topological polar surface area (TPSA) is 52.6 Å². The van der Waals surface area contributed by atoms with Gasteiger partial charge in [-0.1, -0.05) is 133 Å². The predicted molar refractivity (Wildman–Crippen MR) is 153 cm³/mol. The molecule has 3 aromatic carbocycles. The van der Waals surface area contributed by atoms with Gasteiger partial charge in [0.2, 0.25) is 0 Å². The maximum Gasteiger partial charge on any atom is 0.386 e. The summed E-state index contributed by atoms with van der Waals surface area (Å²) in [5, 5.41) is 3.87. The molecule has 0 aliphatic heterocycles. The molecular formula is C33H44O4. The van der Waals surface area contributed by atoms with Gasteiger partial charge in [-0.3, -0.25) is 0 Å². The Balaban J connectivity index is 1.23. The number of rotatable bonds is 17. The van der Waals surface area contributed by atoms with Crippen LogP contribution in [-0.2, 0) is 14.6 Å². The molecule has 0 N–H and O–H groups in total. The molecule has 0 aromatic heterocycles. The Kier molecular flexibility index (Phi) is 13.0. The van der Waals surface area contributed by atoms with Gasteiger partial charge in [-0.05, 0) is 46.2 Å². The number of carbonyl (C=O) groups is 2. The number of hydrogen-bond acceptors (Lipinski definition) is 4. The van der Waals surface area contributed by atoms with Crippen molar-refractivity contribution in [2.45, 2.75) is 110 Å². The lowest BCUT2D eigenvalue weighted by Gasteiger charge is -2.08. The predicted octanol–water partition coefficient (Wildman–Crippen LogP) is 9.87. The molecule has 0 aliphatic rings. The Labute approximate surface area is 222 Å². The third kappa shape index (κ3) is 10.2. The van der Waals surface area contributed by atoms with Crippen LogP contribution in [-0.4, -0.2) is 11.9 Å². The second kappa shape index (κ2) is 16.8. The lowest BCUT2D eigenvalue weighted by Crippen LogP contribution is -2.11. The Morgan fingerprint density at radius 3 is 1.68 bits per heavy atom. The normalized spacial score (nSPS) is 11.2. The Morgan fingerprint density at radius 1 is 0.568 bits per heavy atom. The number of carbonyl (C=O) groups excluding carboxylic acids is 2. The van der Waals surface area contributed by atoms with Gasteiger partial charge in [-0.15, -0.1) is 0 Å². The minimum Gasteiger partial charge on any atom is -0.247 e. The lowest BCUT2D eigenvalue weighted by molar-refractivity contribution is -0.234. The first kappa shape index (κ1) is 28.7. The highest BCUT2D eigenvalue weighted by molar-refractivity contribution is 6.08. The fraction of sp³-hybridized carbons (Fsp3) is 0.515.